The van der Waals surface area contributed by atoms with Crippen LogP contribution in [0.25, 0.3) is 94.8 Å². The minimum Gasteiger partial charge on any atom is -0.309 e. The Bertz CT molecular complexity index is 4230. The van der Waals surface area contributed by atoms with Crippen molar-refractivity contribution in [2.75, 3.05) is 4.90 Å². The summed E-state index contributed by atoms with van der Waals surface area (Å²) in [6, 6.07) is 98.4. The van der Waals surface area contributed by atoms with Gasteiger partial charge in [0.2, 0.25) is 5.95 Å². The summed E-state index contributed by atoms with van der Waals surface area (Å²) >= 11 is 0. The summed E-state index contributed by atoms with van der Waals surface area (Å²) in [5, 5.41) is 2.47. The second-order valence-corrected chi connectivity index (χ2v) is 19.5. The number of hydrogen-bond acceptors (Lipinski definition) is 4. The Morgan fingerprint density at radius 2 is 0.720 bits per heavy atom. The van der Waals surface area contributed by atoms with Crippen LogP contribution in [-0.2, 0) is 5.41 Å². The summed E-state index contributed by atoms with van der Waals surface area (Å²) in [7, 11) is 0. The van der Waals surface area contributed by atoms with Crippen molar-refractivity contribution in [2.24, 2.45) is 0 Å². The molecule has 2 aromatic heterocycles. The molecule has 3 heterocycles. The highest BCUT2D eigenvalue weighted by Gasteiger charge is 2.52. The smallest absolute Gasteiger partial charge is 0.238 e. The van der Waals surface area contributed by atoms with Crippen molar-refractivity contribution in [3.05, 3.63) is 295 Å². The molecule has 1 aliphatic carbocycles. The van der Waals surface area contributed by atoms with Gasteiger partial charge in [0.15, 0.2) is 11.6 Å². The lowest BCUT2D eigenvalue weighted by Gasteiger charge is -2.44. The normalized spacial score (nSPS) is 12.9. The maximum Gasteiger partial charge on any atom is 0.238 e. The van der Waals surface area contributed by atoms with E-state index in [1.807, 2.05) is 36.4 Å². The molecule has 2 aliphatic rings. The van der Waals surface area contributed by atoms with E-state index in [1.165, 1.54) is 83.0 Å². The highest BCUT2D eigenvalue weighted by molar-refractivity contribution is 6.10. The predicted molar refractivity (Wildman–Crippen MR) is 307 cm³/mol. The SMILES string of the molecule is c1ccc(-c2ccc(-n3c4ccccc4c4cc(-c5ccc(-c6ccc7c(c6)C6(c8ccccc8-7)c7ccccc7N(c7nc(-c8ccccc8)nc(-c8ccccc8)n7)c7ccccc76)cc5)ccc43)cc2)cc1. The number of nitrogens with zero attached hydrogens (tertiary/aromatic N) is 5. The van der Waals surface area contributed by atoms with Crippen molar-refractivity contribution in [3.8, 4) is 73.0 Å². The van der Waals surface area contributed by atoms with Gasteiger partial charge in [0.1, 0.15) is 0 Å². The van der Waals surface area contributed by atoms with Crippen molar-refractivity contribution in [1.29, 1.82) is 0 Å². The van der Waals surface area contributed by atoms with Crippen LogP contribution in [0.1, 0.15) is 22.3 Å². The fourth-order valence-electron chi connectivity index (χ4n) is 12.1. The molecule has 0 N–H and O–H groups in total. The molecule has 5 heteroatoms. The van der Waals surface area contributed by atoms with Crippen LogP contribution in [0, 0.1) is 0 Å². The Morgan fingerprint density at radius 1 is 0.280 bits per heavy atom. The number of aromatic nitrogens is 4. The molecule has 0 saturated carbocycles. The predicted octanol–water partition coefficient (Wildman–Crippen LogP) is 17.4. The fraction of sp³-hybridized carbons (Fsp3) is 0.0143. The summed E-state index contributed by atoms with van der Waals surface area (Å²) < 4.78 is 2.39. The van der Waals surface area contributed by atoms with Crippen molar-refractivity contribution in [1.82, 2.24) is 19.5 Å². The van der Waals surface area contributed by atoms with Crippen molar-refractivity contribution in [2.45, 2.75) is 5.41 Å². The van der Waals surface area contributed by atoms with Crippen LogP contribution in [0.3, 0.4) is 0 Å². The van der Waals surface area contributed by atoms with Crippen LogP contribution < -0.4 is 4.90 Å². The van der Waals surface area contributed by atoms with E-state index in [2.05, 4.69) is 246 Å². The molecule has 0 saturated heterocycles. The average molecular weight is 956 g/mol. The monoisotopic (exact) mass is 955 g/mol. The molecular formula is C70H45N5. The number of rotatable bonds is 7. The molecular weight excluding hydrogens is 911 g/mol. The van der Waals surface area contributed by atoms with Gasteiger partial charge in [-0.05, 0) is 115 Å². The maximum atomic E-state index is 5.29. The van der Waals surface area contributed by atoms with E-state index in [0.717, 1.165) is 33.8 Å². The van der Waals surface area contributed by atoms with Gasteiger partial charge in [-0.3, -0.25) is 4.90 Å². The van der Waals surface area contributed by atoms with E-state index >= 15 is 0 Å². The van der Waals surface area contributed by atoms with Gasteiger partial charge in [0.05, 0.1) is 27.8 Å². The lowest BCUT2D eigenvalue weighted by Crippen LogP contribution is -2.36. The molecule has 5 nitrogen and oxygen atoms in total. The Balaban J connectivity index is 0.837. The molecule has 1 spiro atoms. The molecule has 13 aromatic rings. The summed E-state index contributed by atoms with van der Waals surface area (Å²) in [6.07, 6.45) is 0. The summed E-state index contributed by atoms with van der Waals surface area (Å²) in [6.45, 7) is 0. The first-order valence-electron chi connectivity index (χ1n) is 25.6. The number of benzene rings is 11. The largest absolute Gasteiger partial charge is 0.309 e. The van der Waals surface area contributed by atoms with Gasteiger partial charge < -0.3 is 4.57 Å². The maximum absolute atomic E-state index is 5.29. The van der Waals surface area contributed by atoms with Gasteiger partial charge in [-0.2, -0.15) is 9.97 Å². The van der Waals surface area contributed by atoms with E-state index in [0.29, 0.717) is 17.6 Å². The fourth-order valence-corrected chi connectivity index (χ4v) is 12.1. The highest BCUT2D eigenvalue weighted by Crippen LogP contribution is 2.63. The number of anilines is 3. The van der Waals surface area contributed by atoms with Crippen LogP contribution in [0.15, 0.2) is 273 Å². The molecule has 75 heavy (non-hydrogen) atoms. The van der Waals surface area contributed by atoms with Crippen LogP contribution in [0.4, 0.5) is 17.3 Å². The van der Waals surface area contributed by atoms with Gasteiger partial charge in [0, 0.05) is 27.6 Å². The van der Waals surface area contributed by atoms with Crippen LogP contribution >= 0.6 is 0 Å². The molecule has 350 valence electrons. The lowest BCUT2D eigenvalue weighted by atomic mass is 9.64. The first-order chi connectivity index (χ1) is 37.2. The Labute approximate surface area is 435 Å². The van der Waals surface area contributed by atoms with Gasteiger partial charge >= 0.3 is 0 Å². The quantitative estimate of drug-likeness (QED) is 0.160. The van der Waals surface area contributed by atoms with Crippen molar-refractivity contribution >= 4 is 39.1 Å². The van der Waals surface area contributed by atoms with Gasteiger partial charge in [0.25, 0.3) is 0 Å². The molecule has 0 unspecified atom stereocenters. The molecule has 0 fully saturated rings. The summed E-state index contributed by atoms with van der Waals surface area (Å²) in [5.74, 6) is 1.81. The molecule has 0 radical (unpaired) electrons. The number of hydrogen-bond donors (Lipinski definition) is 0. The highest BCUT2D eigenvalue weighted by atomic mass is 15.3. The number of para-hydroxylation sites is 3. The van der Waals surface area contributed by atoms with Crippen LogP contribution in [0.2, 0.25) is 0 Å². The van der Waals surface area contributed by atoms with E-state index in [-0.39, 0.29) is 0 Å². The second kappa shape index (κ2) is 17.1. The van der Waals surface area contributed by atoms with Gasteiger partial charge in [-0.25, -0.2) is 4.98 Å². The minimum absolute atomic E-state index is 0.566. The topological polar surface area (TPSA) is 46.8 Å². The number of fused-ring (bicyclic) bond motifs is 12. The zero-order chi connectivity index (χ0) is 49.5. The minimum atomic E-state index is -0.637. The molecule has 11 aromatic carbocycles. The average Bonchev–Trinajstić information content (AvgIpc) is 4.17. The van der Waals surface area contributed by atoms with E-state index in [4.69, 9.17) is 15.0 Å². The first-order valence-corrected chi connectivity index (χ1v) is 25.6. The van der Waals surface area contributed by atoms with Crippen LogP contribution in [-0.4, -0.2) is 19.5 Å². The molecule has 0 amide bonds. The molecule has 1 aliphatic heterocycles. The third-order valence-electron chi connectivity index (χ3n) is 15.5. The van der Waals surface area contributed by atoms with E-state index in [9.17, 15) is 0 Å². The molecule has 0 bridgehead atoms. The Kier molecular flexibility index (Phi) is 9.72. The zero-order valence-electron chi connectivity index (χ0n) is 40.7. The van der Waals surface area contributed by atoms with Gasteiger partial charge in [-0.1, -0.05) is 224 Å². The molecule has 0 atom stereocenters. The zero-order valence-corrected chi connectivity index (χ0v) is 40.7. The van der Waals surface area contributed by atoms with Crippen LogP contribution in [0.5, 0.6) is 0 Å². The summed E-state index contributed by atoms with van der Waals surface area (Å²) in [4.78, 5) is 17.9. The second-order valence-electron chi connectivity index (χ2n) is 19.5. The van der Waals surface area contributed by atoms with Gasteiger partial charge in [-0.15, -0.1) is 0 Å². The summed E-state index contributed by atoms with van der Waals surface area (Å²) in [5.41, 5.74) is 21.3. The lowest BCUT2D eigenvalue weighted by molar-refractivity contribution is 0.749. The molecule has 15 rings (SSSR count). The first kappa shape index (κ1) is 42.7. The van der Waals surface area contributed by atoms with Crippen molar-refractivity contribution in [3.63, 3.8) is 0 Å². The van der Waals surface area contributed by atoms with E-state index < -0.39 is 5.41 Å². The van der Waals surface area contributed by atoms with E-state index in [1.54, 1.807) is 0 Å². The Hall–Kier alpha value is -9.97. The third kappa shape index (κ3) is 6.68. The standard InChI is InChI=1S/C70H45N5/c1-4-18-46(19-5-1)47-36-40-54(41-37-47)74-63-29-15-11-25-57(63)58-44-52(39-43-64(58)74)48-32-34-49(35-33-48)53-38-42-56-55-24-10-12-26-59(55)70(62(56)45-53)60-27-13-16-30-65(60)75(66-31-17-14-28-61(66)70)69-72-67(50-20-6-2-7-21-50)71-68(73-69)51-22-8-3-9-23-51/h1-45H. The van der Waals surface area contributed by atoms with Crippen molar-refractivity contribution < 1.29 is 0 Å². The Morgan fingerprint density at radius 3 is 1.36 bits per heavy atom. The third-order valence-corrected chi connectivity index (χ3v) is 15.5.